The molecule has 18 heavy (non-hydrogen) atoms. The molecule has 1 aromatic heterocycles. The highest BCUT2D eigenvalue weighted by atomic mass is 79.9. The Kier molecular flexibility index (Phi) is 3.52. The van der Waals surface area contributed by atoms with Gasteiger partial charge in [-0.15, -0.1) is 0 Å². The SMILES string of the molecule is CCNc1cc2oc(=O)c(C(C)=O)cc2cc1Br. The van der Waals surface area contributed by atoms with Crippen LogP contribution in [0.15, 0.2) is 31.9 Å². The number of carbonyl (C=O) groups is 1. The summed E-state index contributed by atoms with van der Waals surface area (Å²) >= 11 is 3.43. The van der Waals surface area contributed by atoms with Gasteiger partial charge >= 0.3 is 5.63 Å². The van der Waals surface area contributed by atoms with Crippen molar-refractivity contribution in [3.05, 3.63) is 38.7 Å². The summed E-state index contributed by atoms with van der Waals surface area (Å²) in [7, 11) is 0. The van der Waals surface area contributed by atoms with Gasteiger partial charge in [0.15, 0.2) is 5.78 Å². The minimum atomic E-state index is -0.597. The van der Waals surface area contributed by atoms with Gasteiger partial charge < -0.3 is 9.73 Å². The Morgan fingerprint density at radius 1 is 1.39 bits per heavy atom. The van der Waals surface area contributed by atoms with E-state index in [2.05, 4.69) is 21.2 Å². The zero-order chi connectivity index (χ0) is 13.3. The number of anilines is 1. The van der Waals surface area contributed by atoms with E-state index >= 15 is 0 Å². The van der Waals surface area contributed by atoms with E-state index in [0.29, 0.717) is 11.0 Å². The highest BCUT2D eigenvalue weighted by Gasteiger charge is 2.11. The van der Waals surface area contributed by atoms with Crippen molar-refractivity contribution in [1.82, 2.24) is 0 Å². The second kappa shape index (κ2) is 4.94. The molecule has 0 atom stereocenters. The van der Waals surface area contributed by atoms with Gasteiger partial charge in [0.1, 0.15) is 11.1 Å². The molecule has 0 aliphatic carbocycles. The highest BCUT2D eigenvalue weighted by Crippen LogP contribution is 2.28. The zero-order valence-corrected chi connectivity index (χ0v) is 11.6. The summed E-state index contributed by atoms with van der Waals surface area (Å²) in [5.41, 5.74) is 0.790. The lowest BCUT2D eigenvalue weighted by atomic mass is 10.1. The molecule has 0 aliphatic rings. The first-order chi connectivity index (χ1) is 8.52. The van der Waals surface area contributed by atoms with Crippen molar-refractivity contribution in [1.29, 1.82) is 0 Å². The number of hydrogen-bond acceptors (Lipinski definition) is 4. The predicted molar refractivity (Wildman–Crippen MR) is 74.4 cm³/mol. The number of hydrogen-bond donors (Lipinski definition) is 1. The van der Waals surface area contributed by atoms with Crippen LogP contribution in [0.3, 0.4) is 0 Å². The van der Waals surface area contributed by atoms with E-state index in [1.165, 1.54) is 6.92 Å². The van der Waals surface area contributed by atoms with E-state index in [-0.39, 0.29) is 11.3 Å². The number of rotatable bonds is 3. The Labute approximate surface area is 112 Å². The van der Waals surface area contributed by atoms with E-state index in [4.69, 9.17) is 4.42 Å². The van der Waals surface area contributed by atoms with E-state index in [1.807, 2.05) is 13.0 Å². The third-order valence-corrected chi connectivity index (χ3v) is 3.22. The molecule has 0 saturated carbocycles. The first kappa shape index (κ1) is 12.8. The average molecular weight is 310 g/mol. The van der Waals surface area contributed by atoms with Gasteiger partial charge in [0.2, 0.25) is 0 Å². The molecule has 5 heteroatoms. The van der Waals surface area contributed by atoms with Gasteiger partial charge in [0.05, 0.1) is 5.69 Å². The quantitative estimate of drug-likeness (QED) is 0.698. The summed E-state index contributed by atoms with van der Waals surface area (Å²) < 4.78 is 6.02. The molecule has 0 bridgehead atoms. The van der Waals surface area contributed by atoms with Crippen molar-refractivity contribution in [3.8, 4) is 0 Å². The van der Waals surface area contributed by atoms with E-state index in [9.17, 15) is 9.59 Å². The van der Waals surface area contributed by atoms with Gasteiger partial charge in [-0.1, -0.05) is 0 Å². The molecular weight excluding hydrogens is 298 g/mol. The fourth-order valence-corrected chi connectivity index (χ4v) is 2.21. The fraction of sp³-hybridized carbons (Fsp3) is 0.231. The first-order valence-electron chi connectivity index (χ1n) is 5.55. The Morgan fingerprint density at radius 2 is 2.11 bits per heavy atom. The lowest BCUT2D eigenvalue weighted by molar-refractivity contribution is 0.101. The summed E-state index contributed by atoms with van der Waals surface area (Å²) in [6, 6.07) is 5.13. The monoisotopic (exact) mass is 309 g/mol. The van der Waals surface area contributed by atoms with E-state index in [1.54, 1.807) is 12.1 Å². The maximum Gasteiger partial charge on any atom is 0.347 e. The standard InChI is InChI=1S/C13H12BrNO3/c1-3-15-11-6-12-8(5-10(11)14)4-9(7(2)16)13(17)18-12/h4-6,15H,3H2,1-2H3. The minimum absolute atomic E-state index is 0.0746. The lowest BCUT2D eigenvalue weighted by Gasteiger charge is -2.07. The van der Waals surface area contributed by atoms with Gasteiger partial charge in [0, 0.05) is 22.5 Å². The van der Waals surface area contributed by atoms with Crippen molar-refractivity contribution in [2.45, 2.75) is 13.8 Å². The Balaban J connectivity index is 2.70. The Morgan fingerprint density at radius 3 is 2.72 bits per heavy atom. The van der Waals surface area contributed by atoms with Crippen molar-refractivity contribution in [2.75, 3.05) is 11.9 Å². The second-order valence-electron chi connectivity index (χ2n) is 3.90. The van der Waals surface area contributed by atoms with Crippen LogP contribution in [-0.4, -0.2) is 12.3 Å². The zero-order valence-electron chi connectivity index (χ0n) is 10.0. The number of halogens is 1. The number of ketones is 1. The van der Waals surface area contributed by atoms with Crippen LogP contribution in [0.25, 0.3) is 11.0 Å². The third-order valence-electron chi connectivity index (χ3n) is 2.57. The second-order valence-corrected chi connectivity index (χ2v) is 4.76. The summed E-state index contributed by atoms with van der Waals surface area (Å²) in [6.45, 7) is 4.09. The van der Waals surface area contributed by atoms with E-state index in [0.717, 1.165) is 16.7 Å². The van der Waals surface area contributed by atoms with Gasteiger partial charge in [-0.05, 0) is 41.9 Å². The molecule has 4 nitrogen and oxygen atoms in total. The number of Topliss-reactive ketones (excluding diaryl/α,β-unsaturated/α-hetero) is 1. The molecule has 1 N–H and O–H groups in total. The Bertz CT molecular complexity index is 676. The van der Waals surface area contributed by atoms with Crippen LogP contribution in [0.1, 0.15) is 24.2 Å². The number of nitrogens with one attached hydrogen (secondary N) is 1. The molecule has 2 rings (SSSR count). The molecule has 0 aliphatic heterocycles. The molecule has 1 aromatic carbocycles. The molecular formula is C13H12BrNO3. The van der Waals surface area contributed by atoms with Gasteiger partial charge in [-0.2, -0.15) is 0 Å². The van der Waals surface area contributed by atoms with Crippen molar-refractivity contribution >= 4 is 38.4 Å². The van der Waals surface area contributed by atoms with Crippen molar-refractivity contribution in [2.24, 2.45) is 0 Å². The topological polar surface area (TPSA) is 59.3 Å². The summed E-state index contributed by atoms with van der Waals surface area (Å²) in [5.74, 6) is -0.294. The third kappa shape index (κ3) is 2.31. The van der Waals surface area contributed by atoms with Crippen LogP contribution in [0, 0.1) is 0 Å². The average Bonchev–Trinajstić information content (AvgIpc) is 2.30. The van der Waals surface area contributed by atoms with E-state index < -0.39 is 5.63 Å². The van der Waals surface area contributed by atoms with Crippen molar-refractivity contribution in [3.63, 3.8) is 0 Å². The molecule has 0 unspecified atom stereocenters. The summed E-state index contributed by atoms with van der Waals surface area (Å²) in [4.78, 5) is 22.9. The maximum absolute atomic E-state index is 11.6. The Hall–Kier alpha value is -1.62. The maximum atomic E-state index is 11.6. The van der Waals surface area contributed by atoms with Gasteiger partial charge in [-0.25, -0.2) is 4.79 Å². The summed E-state index contributed by atoms with van der Waals surface area (Å²) in [5, 5.41) is 3.86. The molecule has 1 heterocycles. The smallest absolute Gasteiger partial charge is 0.347 e. The van der Waals surface area contributed by atoms with Gasteiger partial charge in [0.25, 0.3) is 0 Å². The molecule has 0 fully saturated rings. The molecule has 94 valence electrons. The number of fused-ring (bicyclic) bond motifs is 1. The van der Waals surface area contributed by atoms with Crippen LogP contribution in [0.4, 0.5) is 5.69 Å². The normalized spacial score (nSPS) is 10.6. The van der Waals surface area contributed by atoms with Crippen LogP contribution in [0.5, 0.6) is 0 Å². The molecule has 0 spiro atoms. The van der Waals surface area contributed by atoms with Gasteiger partial charge in [-0.3, -0.25) is 4.79 Å². The summed E-state index contributed by atoms with van der Waals surface area (Å²) in [6.07, 6.45) is 0. The van der Waals surface area contributed by atoms with Crippen LogP contribution < -0.4 is 10.9 Å². The minimum Gasteiger partial charge on any atom is -0.422 e. The first-order valence-corrected chi connectivity index (χ1v) is 6.34. The lowest BCUT2D eigenvalue weighted by Crippen LogP contribution is -2.11. The molecule has 0 amide bonds. The molecule has 0 radical (unpaired) electrons. The predicted octanol–water partition coefficient (Wildman–Crippen LogP) is 3.19. The largest absolute Gasteiger partial charge is 0.422 e. The fourth-order valence-electron chi connectivity index (χ4n) is 1.71. The van der Waals surface area contributed by atoms with Crippen LogP contribution >= 0.6 is 15.9 Å². The number of benzene rings is 1. The van der Waals surface area contributed by atoms with Crippen LogP contribution in [0.2, 0.25) is 0 Å². The molecule has 0 saturated heterocycles. The highest BCUT2D eigenvalue weighted by molar-refractivity contribution is 9.10. The van der Waals surface area contributed by atoms with Crippen molar-refractivity contribution < 1.29 is 9.21 Å². The molecule has 2 aromatic rings. The number of carbonyl (C=O) groups excluding carboxylic acids is 1. The van der Waals surface area contributed by atoms with Crippen LogP contribution in [-0.2, 0) is 0 Å².